The lowest BCUT2D eigenvalue weighted by Crippen LogP contribution is -2.46. The fourth-order valence-corrected chi connectivity index (χ4v) is 3.86. The Labute approximate surface area is 184 Å². The third kappa shape index (κ3) is 5.12. The van der Waals surface area contributed by atoms with Gasteiger partial charge in [0.25, 0.3) is 5.91 Å². The number of nitrogens with zero attached hydrogens (tertiary/aromatic N) is 3. The number of carbonyl (C=O) groups excluding carboxylic acids is 2. The van der Waals surface area contributed by atoms with Crippen LogP contribution in [0.2, 0.25) is 0 Å². The maximum absolute atomic E-state index is 14.5. The van der Waals surface area contributed by atoms with Crippen molar-refractivity contribution in [2.75, 3.05) is 13.6 Å². The van der Waals surface area contributed by atoms with Crippen molar-refractivity contribution in [3.8, 4) is 11.4 Å². The molecule has 0 fully saturated rings. The maximum atomic E-state index is 14.5. The molecule has 1 aliphatic heterocycles. The minimum Gasteiger partial charge on any atom is -0.368 e. The lowest BCUT2D eigenvalue weighted by atomic mass is 9.88. The Kier molecular flexibility index (Phi) is 6.64. The van der Waals surface area contributed by atoms with Gasteiger partial charge in [-0.05, 0) is 37.9 Å². The monoisotopic (exact) mass is 451 g/mol. The summed E-state index contributed by atoms with van der Waals surface area (Å²) in [5, 5.41) is 2.64. The zero-order valence-electron chi connectivity index (χ0n) is 18.6. The van der Waals surface area contributed by atoms with E-state index in [4.69, 9.17) is 5.73 Å². The quantitative estimate of drug-likeness (QED) is 0.684. The Morgan fingerprint density at radius 1 is 1.16 bits per heavy atom. The zero-order chi connectivity index (χ0) is 23.8. The van der Waals surface area contributed by atoms with Crippen molar-refractivity contribution >= 4 is 11.8 Å². The minimum absolute atomic E-state index is 0.00181. The van der Waals surface area contributed by atoms with Crippen LogP contribution < -0.4 is 11.1 Å². The van der Waals surface area contributed by atoms with Crippen LogP contribution in [0.3, 0.4) is 0 Å². The van der Waals surface area contributed by atoms with Gasteiger partial charge in [-0.1, -0.05) is 20.8 Å². The number of nitrogens with one attached hydrogen (secondary N) is 1. The molecule has 1 atom stereocenters. The van der Waals surface area contributed by atoms with Crippen LogP contribution in [0.4, 0.5) is 13.2 Å². The smallest absolute Gasteiger partial charge is 0.272 e. The SMILES string of the molecule is CN1CCCn2c(-c3cc(F)c(F)cc3F)nc(C(=O)N[C@@H](CC(C)(C)C)C(N)=O)c2C1. The summed E-state index contributed by atoms with van der Waals surface area (Å²) in [7, 11) is 1.87. The molecule has 3 rings (SSSR count). The molecule has 32 heavy (non-hydrogen) atoms. The van der Waals surface area contributed by atoms with Crippen LogP contribution in [-0.4, -0.2) is 45.9 Å². The number of benzene rings is 1. The van der Waals surface area contributed by atoms with Crippen LogP contribution in [0.1, 0.15) is 49.8 Å². The Morgan fingerprint density at radius 2 is 1.81 bits per heavy atom. The number of halogens is 3. The van der Waals surface area contributed by atoms with Gasteiger partial charge in [0.05, 0.1) is 11.3 Å². The van der Waals surface area contributed by atoms with Gasteiger partial charge < -0.3 is 20.5 Å². The van der Waals surface area contributed by atoms with Gasteiger partial charge in [0.15, 0.2) is 17.3 Å². The second kappa shape index (κ2) is 8.93. The molecule has 1 aliphatic rings. The first kappa shape index (κ1) is 23.8. The summed E-state index contributed by atoms with van der Waals surface area (Å²) in [6.45, 7) is 7.21. The second-order valence-electron chi connectivity index (χ2n) is 9.41. The number of nitrogens with two attached hydrogens (primary N) is 1. The fourth-order valence-electron chi connectivity index (χ4n) is 3.86. The standard InChI is InChI=1S/C22H28F3N5O2/c1-22(2,3)10-16(19(26)31)27-21(32)18-17-11-29(4)6-5-7-30(17)20(28-18)12-8-14(24)15(25)9-13(12)23/h8-9,16H,5-7,10-11H2,1-4H3,(H2,26,31)(H,27,32)/t16-/m0/s1. The molecule has 0 saturated heterocycles. The predicted octanol–water partition coefficient (Wildman–Crippen LogP) is 2.82. The Balaban J connectivity index is 2.08. The summed E-state index contributed by atoms with van der Waals surface area (Å²) in [5.41, 5.74) is 5.47. The molecule has 2 amide bonds. The van der Waals surface area contributed by atoms with Crippen molar-refractivity contribution in [2.45, 2.75) is 52.7 Å². The number of imidazole rings is 1. The van der Waals surface area contributed by atoms with Crippen molar-refractivity contribution < 1.29 is 22.8 Å². The zero-order valence-corrected chi connectivity index (χ0v) is 18.6. The summed E-state index contributed by atoms with van der Waals surface area (Å²) in [6.07, 6.45) is 1.00. The van der Waals surface area contributed by atoms with Gasteiger partial charge in [-0.2, -0.15) is 0 Å². The van der Waals surface area contributed by atoms with Crippen LogP contribution in [0, 0.1) is 22.9 Å². The van der Waals surface area contributed by atoms with E-state index in [1.54, 1.807) is 4.57 Å². The van der Waals surface area contributed by atoms with Gasteiger partial charge in [-0.25, -0.2) is 18.2 Å². The average Bonchev–Trinajstić information content (AvgIpc) is 2.89. The van der Waals surface area contributed by atoms with E-state index in [1.807, 2.05) is 32.7 Å². The van der Waals surface area contributed by atoms with E-state index in [2.05, 4.69) is 10.3 Å². The first-order valence-corrected chi connectivity index (χ1v) is 10.4. The van der Waals surface area contributed by atoms with Crippen molar-refractivity contribution in [1.82, 2.24) is 19.8 Å². The maximum Gasteiger partial charge on any atom is 0.272 e. The van der Waals surface area contributed by atoms with Crippen LogP contribution in [0.25, 0.3) is 11.4 Å². The highest BCUT2D eigenvalue weighted by molar-refractivity contribution is 5.97. The van der Waals surface area contributed by atoms with Crippen molar-refractivity contribution in [2.24, 2.45) is 11.1 Å². The van der Waals surface area contributed by atoms with E-state index in [1.165, 1.54) is 0 Å². The van der Waals surface area contributed by atoms with Crippen molar-refractivity contribution in [3.05, 3.63) is 41.0 Å². The van der Waals surface area contributed by atoms with E-state index in [-0.39, 0.29) is 22.5 Å². The number of amides is 2. The molecule has 174 valence electrons. The molecule has 0 radical (unpaired) electrons. The number of hydrogen-bond donors (Lipinski definition) is 2. The first-order valence-electron chi connectivity index (χ1n) is 10.4. The van der Waals surface area contributed by atoms with Gasteiger partial charge in [-0.3, -0.25) is 9.59 Å². The topological polar surface area (TPSA) is 93.2 Å². The van der Waals surface area contributed by atoms with E-state index >= 15 is 0 Å². The molecule has 1 aromatic heterocycles. The molecular formula is C22H28F3N5O2. The molecule has 7 nitrogen and oxygen atoms in total. The molecule has 0 spiro atoms. The largest absolute Gasteiger partial charge is 0.368 e. The van der Waals surface area contributed by atoms with Crippen LogP contribution >= 0.6 is 0 Å². The van der Waals surface area contributed by atoms with Gasteiger partial charge in [0.1, 0.15) is 17.7 Å². The Morgan fingerprint density at radius 3 is 2.44 bits per heavy atom. The molecule has 0 saturated carbocycles. The highest BCUT2D eigenvalue weighted by Crippen LogP contribution is 2.29. The van der Waals surface area contributed by atoms with Crippen LogP contribution in [0.15, 0.2) is 12.1 Å². The highest BCUT2D eigenvalue weighted by Gasteiger charge is 2.31. The molecular weight excluding hydrogens is 423 g/mol. The van der Waals surface area contributed by atoms with E-state index in [9.17, 15) is 22.8 Å². The van der Waals surface area contributed by atoms with Crippen molar-refractivity contribution in [1.29, 1.82) is 0 Å². The Bertz CT molecular complexity index is 1050. The highest BCUT2D eigenvalue weighted by atomic mass is 19.2. The molecule has 2 heterocycles. The first-order chi connectivity index (χ1) is 14.9. The summed E-state index contributed by atoms with van der Waals surface area (Å²) in [4.78, 5) is 31.4. The van der Waals surface area contributed by atoms with E-state index in [0.717, 1.165) is 12.6 Å². The molecule has 0 unspecified atom stereocenters. The van der Waals surface area contributed by atoms with Crippen molar-refractivity contribution in [3.63, 3.8) is 0 Å². The summed E-state index contributed by atoms with van der Waals surface area (Å²) >= 11 is 0. The van der Waals surface area contributed by atoms with Crippen LogP contribution in [0.5, 0.6) is 0 Å². The van der Waals surface area contributed by atoms with E-state index < -0.39 is 35.3 Å². The summed E-state index contributed by atoms with van der Waals surface area (Å²) in [6, 6.07) is 0.274. The Hall–Kier alpha value is -2.88. The molecule has 1 aromatic carbocycles. The van der Waals surface area contributed by atoms with E-state index in [0.29, 0.717) is 37.7 Å². The number of hydrogen-bond acceptors (Lipinski definition) is 4. The lowest BCUT2D eigenvalue weighted by Gasteiger charge is -2.24. The van der Waals surface area contributed by atoms with Gasteiger partial charge in [-0.15, -0.1) is 0 Å². The minimum atomic E-state index is -1.31. The number of carbonyl (C=O) groups is 2. The third-order valence-electron chi connectivity index (χ3n) is 5.34. The van der Waals surface area contributed by atoms with Crippen LogP contribution in [-0.2, 0) is 17.9 Å². The molecule has 0 bridgehead atoms. The van der Waals surface area contributed by atoms with Gasteiger partial charge in [0, 0.05) is 19.2 Å². The molecule has 3 N–H and O–H groups in total. The normalized spacial score (nSPS) is 15.7. The summed E-state index contributed by atoms with van der Waals surface area (Å²) < 4.78 is 43.5. The average molecular weight is 451 g/mol. The molecule has 0 aliphatic carbocycles. The predicted molar refractivity (Wildman–Crippen MR) is 113 cm³/mol. The van der Waals surface area contributed by atoms with Gasteiger partial charge in [0.2, 0.25) is 5.91 Å². The third-order valence-corrected chi connectivity index (χ3v) is 5.34. The number of aromatic nitrogens is 2. The summed E-state index contributed by atoms with van der Waals surface area (Å²) in [5.74, 6) is -4.78. The number of rotatable bonds is 5. The number of fused-ring (bicyclic) bond motifs is 1. The van der Waals surface area contributed by atoms with Gasteiger partial charge >= 0.3 is 0 Å². The number of primary amides is 1. The fraction of sp³-hybridized carbons (Fsp3) is 0.500. The second-order valence-corrected chi connectivity index (χ2v) is 9.41. The molecule has 10 heteroatoms. The molecule has 2 aromatic rings. The lowest BCUT2D eigenvalue weighted by molar-refractivity contribution is -0.120.